The van der Waals surface area contributed by atoms with Gasteiger partial charge in [0, 0.05) is 0 Å². The van der Waals surface area contributed by atoms with Crippen LogP contribution in [-0.4, -0.2) is 19.8 Å². The van der Waals surface area contributed by atoms with Crippen molar-refractivity contribution in [3.63, 3.8) is 0 Å². The molecule has 4 aromatic rings. The van der Waals surface area contributed by atoms with Gasteiger partial charge in [-0.3, -0.25) is 0 Å². The Morgan fingerprint density at radius 2 is 1.04 bits per heavy atom. The van der Waals surface area contributed by atoms with Crippen LogP contribution in [0.5, 0.6) is 11.8 Å². The number of benzene rings is 2. The zero-order valence-electron chi connectivity index (χ0n) is 15.1. The van der Waals surface area contributed by atoms with Crippen LogP contribution in [0.4, 0.5) is 0 Å². The second kappa shape index (κ2) is 7.56. The highest BCUT2D eigenvalue weighted by atomic mass is 33.1. The lowest BCUT2D eigenvalue weighted by molar-refractivity contribution is -0.766. The molecule has 0 radical (unpaired) electrons. The first-order valence-corrected chi connectivity index (χ1v) is 10.5. The molecule has 2 heterocycles. The van der Waals surface area contributed by atoms with Gasteiger partial charge in [0.15, 0.2) is 11.4 Å². The van der Waals surface area contributed by atoms with Crippen molar-refractivity contribution >= 4 is 21.6 Å². The lowest BCUT2D eigenvalue weighted by atomic mass is 10.3. The Bertz CT molecular complexity index is 1020. The van der Waals surface area contributed by atoms with Gasteiger partial charge in [-0.2, -0.15) is 0 Å². The average Bonchev–Trinajstić information content (AvgIpc) is 3.17. The molecule has 2 aromatic heterocycles. The molecule has 0 aliphatic carbocycles. The first-order valence-electron chi connectivity index (χ1n) is 8.34. The van der Waals surface area contributed by atoms with Crippen LogP contribution in [0.3, 0.4) is 0 Å². The maximum absolute atomic E-state index is 12.7. The summed E-state index contributed by atoms with van der Waals surface area (Å²) in [4.78, 5) is 0. The summed E-state index contributed by atoms with van der Waals surface area (Å²) in [6, 6.07) is 18.4. The number of hydrogen-bond donors (Lipinski definition) is 0. The SMILES string of the molecule is C[n+]1nn(-c2ccccc2)c([O-])c1SSc1c([O-])n(-c2ccccc2)n[n+]1C. The van der Waals surface area contributed by atoms with Crippen molar-refractivity contribution in [3.8, 4) is 23.1 Å². The first kappa shape index (κ1) is 18.4. The Hall–Kier alpha value is -2.98. The lowest BCUT2D eigenvalue weighted by Gasteiger charge is -2.04. The van der Waals surface area contributed by atoms with Crippen LogP contribution >= 0.6 is 21.6 Å². The molecular weight excluding hydrogens is 396 g/mol. The fraction of sp³-hybridized carbons (Fsp3) is 0.111. The van der Waals surface area contributed by atoms with E-state index in [0.717, 1.165) is 0 Å². The minimum atomic E-state index is -0.239. The maximum atomic E-state index is 12.7. The van der Waals surface area contributed by atoms with Gasteiger partial charge in [-0.1, -0.05) is 36.4 Å². The summed E-state index contributed by atoms with van der Waals surface area (Å²) in [6.45, 7) is 0. The van der Waals surface area contributed by atoms with Crippen LogP contribution in [-0.2, 0) is 14.1 Å². The number of para-hydroxylation sites is 2. The molecule has 0 bridgehead atoms. The summed E-state index contributed by atoms with van der Waals surface area (Å²) >= 11 is 0. The number of aromatic nitrogens is 6. The summed E-state index contributed by atoms with van der Waals surface area (Å²) in [7, 11) is 5.78. The molecule has 10 heteroatoms. The van der Waals surface area contributed by atoms with Crippen molar-refractivity contribution in [3.05, 3.63) is 60.7 Å². The Kier molecular flexibility index (Phi) is 4.97. The Morgan fingerprint density at radius 1 is 0.679 bits per heavy atom. The highest BCUT2D eigenvalue weighted by Gasteiger charge is 2.24. The van der Waals surface area contributed by atoms with E-state index in [1.807, 2.05) is 60.7 Å². The Balaban J connectivity index is 1.61. The molecule has 0 N–H and O–H groups in total. The van der Waals surface area contributed by atoms with Gasteiger partial charge in [0.05, 0.1) is 10.4 Å². The largest absolute Gasteiger partial charge is 0.837 e. The number of nitrogens with zero attached hydrogens (tertiary/aromatic N) is 6. The quantitative estimate of drug-likeness (QED) is 0.353. The van der Waals surface area contributed by atoms with Crippen LogP contribution in [0.25, 0.3) is 11.4 Å². The summed E-state index contributed by atoms with van der Waals surface area (Å²) in [5.41, 5.74) is 1.37. The standard InChI is InChI=1S/C18H16N6O2S2/c1-21-17(15(25)23(19-21)13-9-5-3-6-10-13)27-28-18-16(26)24(20-22(18)2)14-11-7-4-8-12-14/h3-12H,1-2H3. The number of hydrogen-bond acceptors (Lipinski definition) is 6. The van der Waals surface area contributed by atoms with Crippen LogP contribution in [0, 0.1) is 0 Å². The third-order valence-corrected chi connectivity index (χ3v) is 6.46. The van der Waals surface area contributed by atoms with Gasteiger partial charge in [-0.25, -0.2) is 0 Å². The minimum Gasteiger partial charge on any atom is -0.837 e. The second-order valence-electron chi connectivity index (χ2n) is 5.91. The molecule has 0 aliphatic rings. The van der Waals surface area contributed by atoms with E-state index in [1.165, 1.54) is 40.3 Å². The first-order chi connectivity index (χ1) is 13.6. The molecule has 0 unspecified atom stereocenters. The normalized spacial score (nSPS) is 11.1. The van der Waals surface area contributed by atoms with Crippen molar-refractivity contribution in [1.82, 2.24) is 19.8 Å². The summed E-state index contributed by atoms with van der Waals surface area (Å²) in [5, 5.41) is 34.9. The van der Waals surface area contributed by atoms with Crippen LogP contribution in [0.15, 0.2) is 70.7 Å². The van der Waals surface area contributed by atoms with E-state index < -0.39 is 0 Å². The fourth-order valence-electron chi connectivity index (χ4n) is 2.62. The van der Waals surface area contributed by atoms with Gasteiger partial charge < -0.3 is 10.2 Å². The number of aryl methyl sites for hydroxylation is 2. The highest BCUT2D eigenvalue weighted by molar-refractivity contribution is 8.76. The van der Waals surface area contributed by atoms with Gasteiger partial charge in [0.1, 0.15) is 25.9 Å². The molecule has 0 amide bonds. The molecule has 0 saturated carbocycles. The van der Waals surface area contributed by atoms with E-state index in [9.17, 15) is 10.2 Å². The van der Waals surface area contributed by atoms with Crippen molar-refractivity contribution < 1.29 is 19.6 Å². The summed E-state index contributed by atoms with van der Waals surface area (Å²) in [5.74, 6) is -0.478. The van der Waals surface area contributed by atoms with Crippen LogP contribution in [0.2, 0.25) is 0 Å². The zero-order chi connectivity index (χ0) is 19.7. The highest BCUT2D eigenvalue weighted by Crippen LogP contribution is 2.40. The molecule has 0 spiro atoms. The molecule has 4 rings (SSSR count). The third-order valence-electron chi connectivity index (χ3n) is 3.99. The smallest absolute Gasteiger partial charge is 0.228 e. The summed E-state index contributed by atoms with van der Waals surface area (Å²) < 4.78 is 5.71. The van der Waals surface area contributed by atoms with E-state index in [2.05, 4.69) is 10.4 Å². The van der Waals surface area contributed by atoms with E-state index in [4.69, 9.17) is 0 Å². The molecule has 2 aromatic carbocycles. The monoisotopic (exact) mass is 412 g/mol. The maximum Gasteiger partial charge on any atom is 0.228 e. The van der Waals surface area contributed by atoms with Crippen molar-refractivity contribution in [2.75, 3.05) is 0 Å². The van der Waals surface area contributed by atoms with Gasteiger partial charge in [-0.05, 0) is 45.9 Å². The topological polar surface area (TPSA) is 89.5 Å². The van der Waals surface area contributed by atoms with Gasteiger partial charge in [0.2, 0.25) is 10.1 Å². The van der Waals surface area contributed by atoms with Gasteiger partial charge >= 0.3 is 0 Å². The second-order valence-corrected chi connectivity index (χ2v) is 8.01. The molecule has 142 valence electrons. The molecule has 0 atom stereocenters. The van der Waals surface area contributed by atoms with Crippen molar-refractivity contribution in [2.45, 2.75) is 10.1 Å². The zero-order valence-corrected chi connectivity index (χ0v) is 16.7. The van der Waals surface area contributed by atoms with E-state index in [1.54, 1.807) is 14.1 Å². The average molecular weight is 413 g/mol. The molecule has 0 fully saturated rings. The summed E-state index contributed by atoms with van der Waals surface area (Å²) in [6.07, 6.45) is 0. The van der Waals surface area contributed by atoms with Crippen LogP contribution < -0.4 is 19.6 Å². The van der Waals surface area contributed by atoms with Gasteiger partial charge in [-0.15, -0.1) is 18.7 Å². The van der Waals surface area contributed by atoms with Crippen molar-refractivity contribution in [2.24, 2.45) is 14.1 Å². The fourth-order valence-corrected chi connectivity index (χ4v) is 4.93. The number of rotatable bonds is 5. The molecule has 0 saturated heterocycles. The predicted molar refractivity (Wildman–Crippen MR) is 100 cm³/mol. The Morgan fingerprint density at radius 3 is 1.39 bits per heavy atom. The third kappa shape index (κ3) is 3.32. The van der Waals surface area contributed by atoms with Crippen LogP contribution in [0.1, 0.15) is 0 Å². The van der Waals surface area contributed by atoms with E-state index >= 15 is 0 Å². The molecule has 8 nitrogen and oxygen atoms in total. The predicted octanol–water partition coefficient (Wildman–Crippen LogP) is 0.654. The molecule has 0 aliphatic heterocycles. The minimum absolute atomic E-state index is 0.239. The van der Waals surface area contributed by atoms with Crippen molar-refractivity contribution in [1.29, 1.82) is 0 Å². The van der Waals surface area contributed by atoms with E-state index in [0.29, 0.717) is 21.4 Å². The Labute approximate surface area is 169 Å². The van der Waals surface area contributed by atoms with Gasteiger partial charge in [0.25, 0.3) is 0 Å². The lowest BCUT2D eigenvalue weighted by Crippen LogP contribution is -2.34. The molecular formula is C18H16N6O2S2. The van der Waals surface area contributed by atoms with E-state index in [-0.39, 0.29) is 11.8 Å². The molecule has 28 heavy (non-hydrogen) atoms.